The highest BCUT2D eigenvalue weighted by Gasteiger charge is 2.11. The van der Waals surface area contributed by atoms with Gasteiger partial charge in [-0.3, -0.25) is 4.90 Å². The van der Waals surface area contributed by atoms with Crippen LogP contribution in [0.3, 0.4) is 0 Å². The third-order valence-corrected chi connectivity index (χ3v) is 5.66. The number of morpholine rings is 1. The van der Waals surface area contributed by atoms with Gasteiger partial charge >= 0.3 is 6.03 Å². The Morgan fingerprint density at radius 2 is 1.94 bits per heavy atom. The van der Waals surface area contributed by atoms with Crippen molar-refractivity contribution in [2.24, 2.45) is 0 Å². The number of fused-ring (bicyclic) bond motifs is 1. The predicted molar refractivity (Wildman–Crippen MR) is 123 cm³/mol. The number of aromatic nitrogens is 1. The number of methoxy groups -OCH3 is 1. The topological polar surface area (TPSA) is 67.8 Å². The number of benzene rings is 2. The van der Waals surface area contributed by atoms with E-state index in [1.165, 1.54) is 5.52 Å². The summed E-state index contributed by atoms with van der Waals surface area (Å²) in [6.07, 6.45) is 2.82. The lowest BCUT2D eigenvalue weighted by Crippen LogP contribution is -2.38. The van der Waals surface area contributed by atoms with Crippen molar-refractivity contribution in [1.29, 1.82) is 0 Å². The highest BCUT2D eigenvalue weighted by Crippen LogP contribution is 2.21. The second kappa shape index (κ2) is 10.3. The van der Waals surface area contributed by atoms with E-state index in [2.05, 4.69) is 38.4 Å². The van der Waals surface area contributed by atoms with Crippen molar-refractivity contribution in [3.8, 4) is 5.75 Å². The van der Waals surface area contributed by atoms with Gasteiger partial charge < -0.3 is 24.7 Å². The van der Waals surface area contributed by atoms with Crippen LogP contribution in [0.1, 0.15) is 5.56 Å². The molecule has 0 unspecified atom stereocenters. The van der Waals surface area contributed by atoms with Crippen LogP contribution in [0, 0.1) is 0 Å². The molecule has 164 valence electrons. The van der Waals surface area contributed by atoms with Crippen LogP contribution < -0.4 is 15.4 Å². The first kappa shape index (κ1) is 21.2. The predicted octanol–water partition coefficient (Wildman–Crippen LogP) is 3.35. The second-order valence-electron chi connectivity index (χ2n) is 7.68. The lowest BCUT2D eigenvalue weighted by molar-refractivity contribution is 0.0365. The van der Waals surface area contributed by atoms with E-state index >= 15 is 0 Å². The second-order valence-corrected chi connectivity index (χ2v) is 7.68. The van der Waals surface area contributed by atoms with E-state index < -0.39 is 0 Å². The summed E-state index contributed by atoms with van der Waals surface area (Å²) in [7, 11) is 1.66. The maximum Gasteiger partial charge on any atom is 0.319 e. The summed E-state index contributed by atoms with van der Waals surface area (Å²) in [4.78, 5) is 14.7. The normalized spacial score (nSPS) is 14.5. The van der Waals surface area contributed by atoms with E-state index in [1.54, 1.807) is 7.11 Å². The number of anilines is 1. The third kappa shape index (κ3) is 5.57. The minimum Gasteiger partial charge on any atom is -0.496 e. The first-order valence-corrected chi connectivity index (χ1v) is 10.8. The van der Waals surface area contributed by atoms with Gasteiger partial charge in [-0.05, 0) is 42.3 Å². The summed E-state index contributed by atoms with van der Waals surface area (Å²) in [5.41, 5.74) is 3.04. The van der Waals surface area contributed by atoms with Gasteiger partial charge in [0.05, 0.1) is 20.3 Å². The Balaban J connectivity index is 1.28. The van der Waals surface area contributed by atoms with E-state index in [9.17, 15) is 4.79 Å². The lowest BCUT2D eigenvalue weighted by Gasteiger charge is -2.26. The van der Waals surface area contributed by atoms with Gasteiger partial charge in [-0.2, -0.15) is 0 Å². The first-order chi connectivity index (χ1) is 15.2. The Kier molecular flexibility index (Phi) is 7.07. The Morgan fingerprint density at radius 3 is 2.77 bits per heavy atom. The third-order valence-electron chi connectivity index (χ3n) is 5.66. The molecule has 0 radical (unpaired) electrons. The molecule has 0 spiro atoms. The summed E-state index contributed by atoms with van der Waals surface area (Å²) in [6, 6.07) is 15.8. The smallest absolute Gasteiger partial charge is 0.319 e. The summed E-state index contributed by atoms with van der Waals surface area (Å²) in [5.74, 6) is 0.841. The first-order valence-electron chi connectivity index (χ1n) is 10.8. The van der Waals surface area contributed by atoms with Crippen LogP contribution in [0.25, 0.3) is 10.9 Å². The zero-order chi connectivity index (χ0) is 21.5. The van der Waals surface area contributed by atoms with Crippen LogP contribution in [0.15, 0.2) is 54.7 Å². The van der Waals surface area contributed by atoms with E-state index in [0.29, 0.717) is 13.0 Å². The van der Waals surface area contributed by atoms with E-state index in [0.717, 1.165) is 61.8 Å². The summed E-state index contributed by atoms with van der Waals surface area (Å²) < 4.78 is 13.0. The molecule has 7 nitrogen and oxygen atoms in total. The minimum absolute atomic E-state index is 0.207. The van der Waals surface area contributed by atoms with Gasteiger partial charge in [-0.1, -0.05) is 18.2 Å². The van der Waals surface area contributed by atoms with Crippen molar-refractivity contribution in [3.05, 3.63) is 60.3 Å². The molecule has 0 aliphatic carbocycles. The van der Waals surface area contributed by atoms with Crippen LogP contribution in [-0.4, -0.2) is 62.0 Å². The summed E-state index contributed by atoms with van der Waals surface area (Å²) >= 11 is 0. The van der Waals surface area contributed by atoms with Crippen molar-refractivity contribution < 1.29 is 14.3 Å². The van der Waals surface area contributed by atoms with Gasteiger partial charge in [0, 0.05) is 55.5 Å². The number of hydrogen-bond donors (Lipinski definition) is 2. The van der Waals surface area contributed by atoms with Gasteiger partial charge in [0.25, 0.3) is 0 Å². The molecule has 31 heavy (non-hydrogen) atoms. The molecule has 1 aliphatic heterocycles. The summed E-state index contributed by atoms with van der Waals surface area (Å²) in [6.45, 7) is 6.14. The van der Waals surface area contributed by atoms with Crippen molar-refractivity contribution in [2.45, 2.75) is 13.0 Å². The molecule has 1 saturated heterocycles. The Morgan fingerprint density at radius 1 is 1.10 bits per heavy atom. The molecule has 0 saturated carbocycles. The van der Waals surface area contributed by atoms with E-state index in [4.69, 9.17) is 9.47 Å². The van der Waals surface area contributed by atoms with Crippen LogP contribution in [0.2, 0.25) is 0 Å². The zero-order valence-corrected chi connectivity index (χ0v) is 18.0. The van der Waals surface area contributed by atoms with E-state index in [1.807, 2.05) is 36.4 Å². The number of carbonyl (C=O) groups excluding carboxylic acids is 1. The average Bonchev–Trinajstić information content (AvgIpc) is 3.21. The molecule has 2 N–H and O–H groups in total. The molecule has 1 fully saturated rings. The molecule has 2 aromatic carbocycles. The van der Waals surface area contributed by atoms with Gasteiger partial charge in [0.1, 0.15) is 5.75 Å². The van der Waals surface area contributed by atoms with Gasteiger partial charge in [-0.15, -0.1) is 0 Å². The van der Waals surface area contributed by atoms with Crippen molar-refractivity contribution >= 4 is 22.6 Å². The number of ether oxygens (including phenoxy) is 2. The van der Waals surface area contributed by atoms with Crippen molar-refractivity contribution in [3.63, 3.8) is 0 Å². The molecular weight excluding hydrogens is 392 g/mol. The number of rotatable bonds is 8. The number of nitrogens with zero attached hydrogens (tertiary/aromatic N) is 2. The van der Waals surface area contributed by atoms with Crippen molar-refractivity contribution in [1.82, 2.24) is 14.8 Å². The number of nitrogens with one attached hydrogen (secondary N) is 2. The number of para-hydroxylation sites is 1. The Hall–Kier alpha value is -3.03. The average molecular weight is 423 g/mol. The molecule has 0 atom stereocenters. The fourth-order valence-electron chi connectivity index (χ4n) is 3.94. The monoisotopic (exact) mass is 422 g/mol. The van der Waals surface area contributed by atoms with Gasteiger partial charge in [-0.25, -0.2) is 4.79 Å². The van der Waals surface area contributed by atoms with Crippen LogP contribution in [0.4, 0.5) is 10.5 Å². The minimum atomic E-state index is -0.207. The lowest BCUT2D eigenvalue weighted by atomic mass is 10.1. The SMILES string of the molecule is COc1ccccc1CCNC(=O)Nc1ccc2c(ccn2CCN2CCOCC2)c1. The maximum absolute atomic E-state index is 12.3. The number of urea groups is 1. The fraction of sp³-hybridized carbons (Fsp3) is 0.375. The highest BCUT2D eigenvalue weighted by molar-refractivity contribution is 5.92. The van der Waals surface area contributed by atoms with Crippen LogP contribution in [0.5, 0.6) is 5.75 Å². The molecule has 0 bridgehead atoms. The van der Waals surface area contributed by atoms with Gasteiger partial charge in [0.15, 0.2) is 0 Å². The largest absolute Gasteiger partial charge is 0.496 e. The molecule has 1 aromatic heterocycles. The Labute approximate surface area is 182 Å². The van der Waals surface area contributed by atoms with Crippen LogP contribution >= 0.6 is 0 Å². The maximum atomic E-state index is 12.3. The fourth-order valence-corrected chi connectivity index (χ4v) is 3.94. The highest BCUT2D eigenvalue weighted by atomic mass is 16.5. The summed E-state index contributed by atoms with van der Waals surface area (Å²) in [5, 5.41) is 6.96. The molecule has 4 rings (SSSR count). The molecule has 3 aromatic rings. The zero-order valence-electron chi connectivity index (χ0n) is 18.0. The molecule has 2 heterocycles. The van der Waals surface area contributed by atoms with Crippen molar-refractivity contribution in [2.75, 3.05) is 51.8 Å². The Bertz CT molecular complexity index is 1010. The van der Waals surface area contributed by atoms with E-state index in [-0.39, 0.29) is 6.03 Å². The number of hydrogen-bond acceptors (Lipinski definition) is 4. The quantitative estimate of drug-likeness (QED) is 0.584. The van der Waals surface area contributed by atoms with Crippen LogP contribution in [-0.2, 0) is 17.7 Å². The molecule has 7 heteroatoms. The molecular formula is C24H30N4O3. The van der Waals surface area contributed by atoms with Gasteiger partial charge in [0.2, 0.25) is 0 Å². The number of amides is 2. The molecule has 1 aliphatic rings. The number of carbonyl (C=O) groups is 1. The molecule has 2 amide bonds. The standard InChI is InChI=1S/C24H30N4O3/c1-30-23-5-3-2-4-19(23)8-10-25-24(29)26-21-6-7-22-20(18-21)9-11-28(22)13-12-27-14-16-31-17-15-27/h2-7,9,11,18H,8,10,12-17H2,1H3,(H2,25,26,29).